The Balaban J connectivity index is 1.64. The van der Waals surface area contributed by atoms with Crippen LogP contribution in [0, 0.1) is 5.92 Å². The van der Waals surface area contributed by atoms with E-state index in [0.29, 0.717) is 37.3 Å². The van der Waals surface area contributed by atoms with Crippen LogP contribution in [0.25, 0.3) is 11.0 Å². The molecule has 2 aromatic rings. The molecule has 0 aliphatic carbocycles. The predicted molar refractivity (Wildman–Crippen MR) is 101 cm³/mol. The van der Waals surface area contributed by atoms with E-state index in [4.69, 9.17) is 9.15 Å². The minimum absolute atomic E-state index is 0.152. The lowest BCUT2D eigenvalue weighted by atomic mass is 9.97. The molecular formula is C21H24NO6-. The maximum Gasteiger partial charge on any atom is 0.336 e. The molecule has 1 aromatic heterocycles. The van der Waals surface area contributed by atoms with Crippen LogP contribution in [0.1, 0.15) is 38.2 Å². The van der Waals surface area contributed by atoms with E-state index in [1.165, 1.54) is 6.07 Å². The lowest BCUT2D eigenvalue weighted by molar-refractivity contribution is -0.312. The van der Waals surface area contributed by atoms with Gasteiger partial charge in [-0.3, -0.25) is 4.79 Å². The van der Waals surface area contributed by atoms with E-state index in [2.05, 4.69) is 6.92 Å². The SMILES string of the molecule is CCCCc1cc(=O)oc2cc(OCC(=O)N3CCC(C(=O)[O-])CC3)ccc12. The van der Waals surface area contributed by atoms with Gasteiger partial charge in [0, 0.05) is 42.5 Å². The lowest BCUT2D eigenvalue weighted by Crippen LogP contribution is -2.45. The summed E-state index contributed by atoms with van der Waals surface area (Å²) < 4.78 is 10.9. The number of ether oxygens (including phenoxy) is 1. The molecule has 0 atom stereocenters. The van der Waals surface area contributed by atoms with Crippen molar-refractivity contribution in [3.63, 3.8) is 0 Å². The maximum atomic E-state index is 12.3. The fraction of sp³-hybridized carbons (Fsp3) is 0.476. The van der Waals surface area contributed by atoms with Gasteiger partial charge in [-0.1, -0.05) is 13.3 Å². The number of fused-ring (bicyclic) bond motifs is 1. The van der Waals surface area contributed by atoms with Crippen LogP contribution < -0.4 is 15.5 Å². The number of carboxylic acids is 1. The lowest BCUT2D eigenvalue weighted by Gasteiger charge is -2.32. The number of unbranched alkanes of at least 4 members (excludes halogenated alkanes) is 1. The molecule has 1 amide bonds. The number of rotatable bonds is 7. The predicted octanol–water partition coefficient (Wildman–Crippen LogP) is 1.50. The van der Waals surface area contributed by atoms with Crippen LogP contribution in [0.15, 0.2) is 33.5 Å². The van der Waals surface area contributed by atoms with Crippen molar-refractivity contribution < 1.29 is 23.8 Å². The minimum Gasteiger partial charge on any atom is -0.550 e. The van der Waals surface area contributed by atoms with Crippen LogP contribution in [0.4, 0.5) is 0 Å². The molecule has 1 saturated heterocycles. The largest absolute Gasteiger partial charge is 0.550 e. The average molecular weight is 386 g/mol. The van der Waals surface area contributed by atoms with Gasteiger partial charge in [0.1, 0.15) is 11.3 Å². The third-order valence-electron chi connectivity index (χ3n) is 5.14. The highest BCUT2D eigenvalue weighted by Crippen LogP contribution is 2.24. The zero-order chi connectivity index (χ0) is 20.1. The van der Waals surface area contributed by atoms with Gasteiger partial charge in [0.05, 0.1) is 0 Å². The van der Waals surface area contributed by atoms with Crippen molar-refractivity contribution in [2.24, 2.45) is 5.92 Å². The Morgan fingerprint density at radius 1 is 1.25 bits per heavy atom. The first-order chi connectivity index (χ1) is 13.5. The molecule has 0 spiro atoms. The monoisotopic (exact) mass is 386 g/mol. The summed E-state index contributed by atoms with van der Waals surface area (Å²) in [7, 11) is 0. The van der Waals surface area contributed by atoms with Gasteiger partial charge < -0.3 is 24.0 Å². The first-order valence-corrected chi connectivity index (χ1v) is 9.66. The van der Waals surface area contributed by atoms with Crippen LogP contribution >= 0.6 is 0 Å². The molecule has 1 fully saturated rings. The Bertz CT molecular complexity index is 911. The summed E-state index contributed by atoms with van der Waals surface area (Å²) in [5.74, 6) is -1.30. The summed E-state index contributed by atoms with van der Waals surface area (Å²) in [4.78, 5) is 36.6. The number of carboxylic acid groups (broad SMARTS) is 1. The van der Waals surface area contributed by atoms with E-state index in [9.17, 15) is 19.5 Å². The number of aliphatic carboxylic acids is 1. The standard InChI is InChI=1S/C21H25NO6/c1-2-3-4-15-11-20(24)28-18-12-16(5-6-17(15)18)27-13-19(23)22-9-7-14(8-10-22)21(25)26/h5-6,11-12,14H,2-4,7-10,13H2,1H3,(H,25,26)/p-1. The van der Waals surface area contributed by atoms with Crippen LogP contribution in [-0.2, 0) is 16.0 Å². The molecule has 1 aliphatic heterocycles. The number of benzene rings is 1. The Hall–Kier alpha value is -2.83. The second kappa shape index (κ2) is 8.91. The summed E-state index contributed by atoms with van der Waals surface area (Å²) in [5, 5.41) is 11.8. The van der Waals surface area contributed by atoms with E-state index in [1.54, 1.807) is 17.0 Å². The second-order valence-electron chi connectivity index (χ2n) is 7.11. The molecule has 0 radical (unpaired) electrons. The quantitative estimate of drug-likeness (QED) is 0.669. The van der Waals surface area contributed by atoms with Gasteiger partial charge in [-0.05, 0) is 43.4 Å². The molecule has 1 aliphatic rings. The number of carbonyl (C=O) groups is 2. The molecule has 150 valence electrons. The first-order valence-electron chi connectivity index (χ1n) is 9.66. The maximum absolute atomic E-state index is 12.3. The first kappa shape index (κ1) is 19.9. The van der Waals surface area contributed by atoms with Crippen LogP contribution in [0.3, 0.4) is 0 Å². The number of piperidine rings is 1. The molecule has 0 saturated carbocycles. The van der Waals surface area contributed by atoms with E-state index >= 15 is 0 Å². The summed E-state index contributed by atoms with van der Waals surface area (Å²) in [6.07, 6.45) is 3.62. The molecule has 28 heavy (non-hydrogen) atoms. The third kappa shape index (κ3) is 4.71. The molecule has 1 aromatic carbocycles. The Morgan fingerprint density at radius 2 is 2.00 bits per heavy atom. The molecule has 2 heterocycles. The van der Waals surface area contributed by atoms with E-state index < -0.39 is 17.5 Å². The summed E-state index contributed by atoms with van der Waals surface area (Å²) in [6.45, 7) is 2.71. The van der Waals surface area contributed by atoms with Crippen molar-refractivity contribution in [2.45, 2.75) is 39.0 Å². The molecule has 0 N–H and O–H groups in total. The van der Waals surface area contributed by atoms with Gasteiger partial charge in [-0.25, -0.2) is 4.79 Å². The highest BCUT2D eigenvalue weighted by atomic mass is 16.5. The topological polar surface area (TPSA) is 99.9 Å². The van der Waals surface area contributed by atoms with Crippen molar-refractivity contribution in [2.75, 3.05) is 19.7 Å². The number of carbonyl (C=O) groups excluding carboxylic acids is 2. The normalized spacial score (nSPS) is 15.0. The van der Waals surface area contributed by atoms with Crippen molar-refractivity contribution in [3.05, 3.63) is 40.2 Å². The van der Waals surface area contributed by atoms with Gasteiger partial charge >= 0.3 is 5.63 Å². The number of hydrogen-bond acceptors (Lipinski definition) is 6. The Kier molecular flexibility index (Phi) is 6.34. The zero-order valence-electron chi connectivity index (χ0n) is 15.9. The Morgan fingerprint density at radius 3 is 2.68 bits per heavy atom. The van der Waals surface area contributed by atoms with E-state index in [1.807, 2.05) is 6.07 Å². The smallest absolute Gasteiger partial charge is 0.336 e. The summed E-state index contributed by atoms with van der Waals surface area (Å²) in [5.41, 5.74) is 0.993. The van der Waals surface area contributed by atoms with Crippen molar-refractivity contribution in [3.8, 4) is 5.75 Å². The van der Waals surface area contributed by atoms with Gasteiger partial charge in [-0.15, -0.1) is 0 Å². The third-order valence-corrected chi connectivity index (χ3v) is 5.14. The molecule has 7 heteroatoms. The van der Waals surface area contributed by atoms with E-state index in [-0.39, 0.29) is 12.5 Å². The van der Waals surface area contributed by atoms with Gasteiger partial charge in [-0.2, -0.15) is 0 Å². The Labute approximate surface area is 162 Å². The fourth-order valence-corrected chi connectivity index (χ4v) is 3.48. The van der Waals surface area contributed by atoms with Crippen LogP contribution in [-0.4, -0.2) is 36.5 Å². The van der Waals surface area contributed by atoms with Crippen LogP contribution in [0.2, 0.25) is 0 Å². The van der Waals surface area contributed by atoms with Gasteiger partial charge in [0.2, 0.25) is 0 Å². The van der Waals surface area contributed by atoms with Gasteiger partial charge in [0.15, 0.2) is 6.61 Å². The molecule has 3 rings (SSSR count). The van der Waals surface area contributed by atoms with Crippen molar-refractivity contribution >= 4 is 22.8 Å². The molecular weight excluding hydrogens is 362 g/mol. The van der Waals surface area contributed by atoms with Crippen LogP contribution in [0.5, 0.6) is 5.75 Å². The number of hydrogen-bond donors (Lipinski definition) is 0. The fourth-order valence-electron chi connectivity index (χ4n) is 3.48. The van der Waals surface area contributed by atoms with Crippen molar-refractivity contribution in [1.82, 2.24) is 4.90 Å². The number of nitrogens with zero attached hydrogens (tertiary/aromatic N) is 1. The molecule has 0 bridgehead atoms. The molecule has 0 unspecified atom stereocenters. The summed E-state index contributed by atoms with van der Waals surface area (Å²) in [6, 6.07) is 6.75. The molecule has 7 nitrogen and oxygen atoms in total. The highest BCUT2D eigenvalue weighted by molar-refractivity contribution is 5.82. The number of aryl methyl sites for hydroxylation is 1. The second-order valence-corrected chi connectivity index (χ2v) is 7.11. The zero-order valence-corrected chi connectivity index (χ0v) is 15.9. The summed E-state index contributed by atoms with van der Waals surface area (Å²) >= 11 is 0. The average Bonchev–Trinajstić information content (AvgIpc) is 2.69. The minimum atomic E-state index is -1.06. The highest BCUT2D eigenvalue weighted by Gasteiger charge is 2.23. The van der Waals surface area contributed by atoms with Crippen molar-refractivity contribution in [1.29, 1.82) is 0 Å². The number of likely N-dealkylation sites (tertiary alicyclic amines) is 1. The number of amides is 1. The van der Waals surface area contributed by atoms with Gasteiger partial charge in [0.25, 0.3) is 5.91 Å². The van der Waals surface area contributed by atoms with E-state index in [0.717, 1.165) is 30.2 Å².